The van der Waals surface area contributed by atoms with E-state index >= 15 is 0 Å². The molecular formula is C33H28ClN5O3S. The fourth-order valence-electron chi connectivity index (χ4n) is 4.50. The van der Waals surface area contributed by atoms with Crippen molar-refractivity contribution in [2.45, 2.75) is 19.8 Å². The van der Waals surface area contributed by atoms with Crippen LogP contribution >= 0.6 is 22.9 Å². The van der Waals surface area contributed by atoms with Gasteiger partial charge in [-0.2, -0.15) is 14.6 Å². The zero-order valence-electron chi connectivity index (χ0n) is 23.6. The van der Waals surface area contributed by atoms with Crippen molar-refractivity contribution in [3.63, 3.8) is 0 Å². The first kappa shape index (κ1) is 28.4. The topological polar surface area (TPSA) is 83.5 Å². The van der Waals surface area contributed by atoms with Crippen molar-refractivity contribution < 1.29 is 9.47 Å². The monoisotopic (exact) mass is 609 g/mol. The van der Waals surface area contributed by atoms with E-state index in [0.29, 0.717) is 38.4 Å². The number of thiazole rings is 1. The lowest BCUT2D eigenvalue weighted by Gasteiger charge is -2.10. The molecule has 43 heavy (non-hydrogen) atoms. The summed E-state index contributed by atoms with van der Waals surface area (Å²) in [5.74, 6) is 1.81. The molecule has 0 saturated heterocycles. The number of para-hydroxylation sites is 1. The largest absolute Gasteiger partial charge is 0.493 e. The van der Waals surface area contributed by atoms with Crippen molar-refractivity contribution in [3.8, 4) is 28.4 Å². The molecule has 0 aliphatic heterocycles. The Morgan fingerprint density at radius 1 is 0.977 bits per heavy atom. The molecule has 10 heteroatoms. The molecule has 6 aromatic rings. The van der Waals surface area contributed by atoms with E-state index in [9.17, 15) is 4.79 Å². The second-order valence-corrected chi connectivity index (χ2v) is 11.2. The molecule has 3 heterocycles. The maximum absolute atomic E-state index is 13.4. The lowest BCUT2D eigenvalue weighted by molar-refractivity contribution is 0.288. The first-order valence-electron chi connectivity index (χ1n) is 13.8. The number of nitrogens with zero attached hydrogens (tertiary/aromatic N) is 5. The number of ether oxygens (including phenoxy) is 2. The van der Waals surface area contributed by atoms with Crippen molar-refractivity contribution in [3.05, 3.63) is 116 Å². The maximum atomic E-state index is 13.4. The Bertz CT molecular complexity index is 2010. The van der Waals surface area contributed by atoms with Gasteiger partial charge in [0.1, 0.15) is 5.69 Å². The number of unbranched alkanes of at least 4 members (excludes halogenated alkanes) is 1. The van der Waals surface area contributed by atoms with Crippen LogP contribution in [-0.4, -0.2) is 38.1 Å². The number of hydrogen-bond acceptors (Lipinski definition) is 7. The molecule has 0 amide bonds. The minimum Gasteiger partial charge on any atom is -0.493 e. The van der Waals surface area contributed by atoms with Crippen LogP contribution in [0.15, 0.2) is 83.8 Å². The normalized spacial score (nSPS) is 12.0. The molecule has 0 saturated carbocycles. The number of benzene rings is 3. The molecule has 0 N–H and O–H groups in total. The molecule has 8 nitrogen and oxygen atoms in total. The van der Waals surface area contributed by atoms with Gasteiger partial charge < -0.3 is 9.47 Å². The summed E-state index contributed by atoms with van der Waals surface area (Å²) < 4.78 is 15.0. The second-order valence-electron chi connectivity index (χ2n) is 9.75. The van der Waals surface area contributed by atoms with Gasteiger partial charge in [0.2, 0.25) is 4.96 Å². The van der Waals surface area contributed by atoms with Crippen LogP contribution in [0.4, 0.5) is 0 Å². The first-order valence-corrected chi connectivity index (χ1v) is 15.0. The van der Waals surface area contributed by atoms with E-state index in [0.717, 1.165) is 40.9 Å². The van der Waals surface area contributed by atoms with Gasteiger partial charge in [0.05, 0.1) is 23.9 Å². The Hall–Kier alpha value is -4.73. The fourth-order valence-corrected chi connectivity index (χ4v) is 5.53. The highest BCUT2D eigenvalue weighted by Gasteiger charge is 2.14. The molecule has 6 rings (SSSR count). The maximum Gasteiger partial charge on any atom is 0.291 e. The molecule has 0 aliphatic carbocycles. The minimum atomic E-state index is -0.239. The number of aromatic nitrogens is 5. The van der Waals surface area contributed by atoms with Crippen LogP contribution in [0.25, 0.3) is 40.1 Å². The van der Waals surface area contributed by atoms with Crippen LogP contribution < -0.4 is 19.6 Å². The van der Waals surface area contributed by atoms with E-state index in [2.05, 4.69) is 17.0 Å². The summed E-state index contributed by atoms with van der Waals surface area (Å²) in [5, 5.41) is 9.92. The van der Waals surface area contributed by atoms with Gasteiger partial charge in [0.25, 0.3) is 5.56 Å². The smallest absolute Gasteiger partial charge is 0.291 e. The van der Waals surface area contributed by atoms with E-state index in [1.807, 2.05) is 91.1 Å². The van der Waals surface area contributed by atoms with Crippen LogP contribution in [0.2, 0.25) is 5.02 Å². The Morgan fingerprint density at radius 3 is 2.53 bits per heavy atom. The Labute approximate surface area is 257 Å². The third-order valence-corrected chi connectivity index (χ3v) is 7.94. The predicted molar refractivity (Wildman–Crippen MR) is 172 cm³/mol. The van der Waals surface area contributed by atoms with Crippen molar-refractivity contribution in [1.29, 1.82) is 0 Å². The third-order valence-electron chi connectivity index (χ3n) is 6.73. The molecule has 0 radical (unpaired) electrons. The summed E-state index contributed by atoms with van der Waals surface area (Å²) in [6.07, 6.45) is 9.45. The minimum absolute atomic E-state index is 0.239. The molecule has 0 spiro atoms. The van der Waals surface area contributed by atoms with Gasteiger partial charge in [-0.25, -0.2) is 4.68 Å². The average molecular weight is 610 g/mol. The SMILES string of the molecule is CCCCOc1ccc(/C=C/c2nc3s/c(=C\c4cn(-c5ccccc5)nc4-c4ccc(Cl)cc4)c(=O)n3n2)cc1OC. The number of hydrogen-bond donors (Lipinski definition) is 0. The summed E-state index contributed by atoms with van der Waals surface area (Å²) in [6.45, 7) is 2.77. The quantitative estimate of drug-likeness (QED) is 0.164. The van der Waals surface area contributed by atoms with Crippen LogP contribution in [0.3, 0.4) is 0 Å². The van der Waals surface area contributed by atoms with E-state index < -0.39 is 0 Å². The summed E-state index contributed by atoms with van der Waals surface area (Å²) in [4.78, 5) is 18.4. The molecule has 0 fully saturated rings. The number of fused-ring (bicyclic) bond motifs is 1. The van der Waals surface area contributed by atoms with Crippen LogP contribution in [0, 0.1) is 0 Å². The molecule has 216 valence electrons. The zero-order valence-corrected chi connectivity index (χ0v) is 25.2. The van der Waals surface area contributed by atoms with Crippen LogP contribution in [-0.2, 0) is 0 Å². The molecule has 0 aliphatic rings. The van der Waals surface area contributed by atoms with E-state index in [1.54, 1.807) is 17.9 Å². The van der Waals surface area contributed by atoms with Gasteiger partial charge >= 0.3 is 0 Å². The van der Waals surface area contributed by atoms with Crippen molar-refractivity contribution >= 4 is 46.1 Å². The molecule has 3 aromatic heterocycles. The van der Waals surface area contributed by atoms with Crippen molar-refractivity contribution in [1.82, 2.24) is 24.4 Å². The van der Waals surface area contributed by atoms with Crippen molar-refractivity contribution in [2.24, 2.45) is 0 Å². The standard InChI is InChI=1S/C33H28ClN5O3S/c1-3-4-18-42-27-16-10-22(19-28(27)41-2)11-17-30-35-33-39(36-30)32(40)29(43-33)20-24-21-38(26-8-6-5-7-9-26)37-31(24)23-12-14-25(34)15-13-23/h5-17,19-21H,3-4,18H2,1-2H3/b17-11+,29-20-. The summed E-state index contributed by atoms with van der Waals surface area (Å²) >= 11 is 7.41. The summed E-state index contributed by atoms with van der Waals surface area (Å²) in [7, 11) is 1.62. The Balaban J connectivity index is 1.31. The van der Waals surface area contributed by atoms with E-state index in [4.69, 9.17) is 26.2 Å². The lowest BCUT2D eigenvalue weighted by atomic mass is 10.1. The highest BCUT2D eigenvalue weighted by Crippen LogP contribution is 2.29. The van der Waals surface area contributed by atoms with Crippen LogP contribution in [0.1, 0.15) is 36.7 Å². The lowest BCUT2D eigenvalue weighted by Crippen LogP contribution is -2.23. The molecule has 0 unspecified atom stereocenters. The van der Waals surface area contributed by atoms with Gasteiger partial charge in [-0.15, -0.1) is 5.10 Å². The highest BCUT2D eigenvalue weighted by molar-refractivity contribution is 7.15. The molecule has 0 atom stereocenters. The second kappa shape index (κ2) is 12.6. The van der Waals surface area contributed by atoms with E-state index in [-0.39, 0.29) is 5.56 Å². The third kappa shape index (κ3) is 6.23. The van der Waals surface area contributed by atoms with Crippen molar-refractivity contribution in [2.75, 3.05) is 13.7 Å². The molecular weight excluding hydrogens is 582 g/mol. The van der Waals surface area contributed by atoms with Gasteiger partial charge in [0.15, 0.2) is 17.3 Å². The summed E-state index contributed by atoms with van der Waals surface area (Å²) in [6, 6.07) is 23.0. The zero-order chi connectivity index (χ0) is 29.8. The molecule has 0 bridgehead atoms. The van der Waals surface area contributed by atoms with Gasteiger partial charge in [-0.1, -0.05) is 78.8 Å². The van der Waals surface area contributed by atoms with Gasteiger partial charge in [0, 0.05) is 22.3 Å². The average Bonchev–Trinajstić information content (AvgIpc) is 3.72. The Morgan fingerprint density at radius 2 is 1.79 bits per heavy atom. The van der Waals surface area contributed by atoms with Crippen LogP contribution in [0.5, 0.6) is 11.5 Å². The first-order chi connectivity index (χ1) is 21.0. The number of methoxy groups -OCH3 is 1. The fraction of sp³-hybridized carbons (Fsp3) is 0.152. The van der Waals surface area contributed by atoms with E-state index in [1.165, 1.54) is 15.9 Å². The van der Waals surface area contributed by atoms with Gasteiger partial charge in [-0.3, -0.25) is 4.79 Å². The summed E-state index contributed by atoms with van der Waals surface area (Å²) in [5.41, 5.74) is 4.00. The molecule has 3 aromatic carbocycles. The highest BCUT2D eigenvalue weighted by atomic mass is 35.5. The number of rotatable bonds is 10. The number of halogens is 1. The van der Waals surface area contributed by atoms with Gasteiger partial charge in [-0.05, 0) is 60.5 Å². The Kier molecular flexibility index (Phi) is 8.35. The predicted octanol–water partition coefficient (Wildman–Crippen LogP) is 6.56.